The van der Waals surface area contributed by atoms with Crippen LogP contribution in [0.1, 0.15) is 62.9 Å². The number of ether oxygens (including phenoxy) is 5. The molecule has 0 bridgehead atoms. The van der Waals surface area contributed by atoms with Crippen molar-refractivity contribution in [3.63, 3.8) is 0 Å². The van der Waals surface area contributed by atoms with E-state index < -0.39 is 142 Å². The van der Waals surface area contributed by atoms with Crippen LogP contribution in [0.5, 0.6) is 0 Å². The van der Waals surface area contributed by atoms with E-state index >= 15 is 0 Å². The van der Waals surface area contributed by atoms with Gasteiger partial charge in [0.05, 0.1) is 58.2 Å². The second-order valence-electron chi connectivity index (χ2n) is 18.0. The number of aliphatic hydroxyl groups is 1. The standard InChI is InChI=1S/C39H59N9O23P4S4/c1-19(2)68-73(56,77)62-15-25-23(12-28(66-25)48-18-41-29-32(48)42-37(40)43-35(29)52)70-74(57,78)63-16-24-22(11-27(65-24)46-13-20(3)33(50)44-38(46)53)69-75(58,79)64-17-26-30(71-72(55,76)61-8-6-7-49)31(60-10-9-59-5)36(67-26)47-14-21(4)34(51)45-39(47)54/h13-14,18-19,22-28,30-31,36,49H,6-12,15-17H2,1-5H3,(H,55,76)(H,56,77)(H,57,78)(H,58,79)(H,44,50,53)(H,45,51,54)(H3,40,42,43,52)/t22-,23-,24-,25-,26-,27-,28-,30+,31?,36-,72?,73?,74?,75?/m1/s1. The normalized spacial score (nSPS) is 27.5. The van der Waals surface area contributed by atoms with Crippen LogP contribution in [-0.2, 0) is 99.9 Å². The molecular weight excluding hydrogens is 1210 g/mol. The van der Waals surface area contributed by atoms with E-state index in [1.807, 2.05) is 0 Å². The van der Waals surface area contributed by atoms with Crippen LogP contribution in [0.25, 0.3) is 11.2 Å². The quantitative estimate of drug-likeness (QED) is 0.0214. The zero-order valence-corrected chi connectivity index (χ0v) is 49.4. The van der Waals surface area contributed by atoms with Crippen LogP contribution in [-0.4, -0.2) is 161 Å². The van der Waals surface area contributed by atoms with Gasteiger partial charge in [0.15, 0.2) is 17.4 Å². The maximum absolute atomic E-state index is 14.4. The number of aryl methyl sites for hydroxylation is 2. The molecule has 0 amide bonds. The van der Waals surface area contributed by atoms with Gasteiger partial charge in [-0.25, -0.2) is 19.1 Å². The molecule has 0 aromatic carbocycles. The number of anilines is 1. The molecule has 40 heteroatoms. The third-order valence-corrected chi connectivity index (χ3v) is 18.3. The van der Waals surface area contributed by atoms with E-state index in [0.717, 1.165) is 9.13 Å². The summed E-state index contributed by atoms with van der Waals surface area (Å²) < 4.78 is 93.6. The zero-order chi connectivity index (χ0) is 57.8. The lowest BCUT2D eigenvalue weighted by Crippen LogP contribution is -2.41. The van der Waals surface area contributed by atoms with Crippen LogP contribution in [0.3, 0.4) is 0 Å². The number of H-pyrrole nitrogens is 3. The van der Waals surface area contributed by atoms with Gasteiger partial charge in [-0.15, -0.1) is 0 Å². The van der Waals surface area contributed by atoms with Crippen LogP contribution in [0.4, 0.5) is 5.95 Å². The minimum atomic E-state index is -4.68. The fourth-order valence-corrected chi connectivity index (χ4v) is 14.4. The van der Waals surface area contributed by atoms with Crippen molar-refractivity contribution in [3.8, 4) is 0 Å². The van der Waals surface area contributed by atoms with Crippen LogP contribution in [0.15, 0.2) is 42.7 Å². The molecule has 0 saturated carbocycles. The van der Waals surface area contributed by atoms with Crippen LogP contribution in [0, 0.1) is 13.8 Å². The topological polar surface area (TPSA) is 417 Å². The molecule has 5 unspecified atom stereocenters. The molecule has 7 heterocycles. The van der Waals surface area contributed by atoms with Gasteiger partial charge in [0.1, 0.15) is 49.1 Å². The summed E-state index contributed by atoms with van der Waals surface area (Å²) in [5.74, 6) is -0.216. The molecule has 0 spiro atoms. The van der Waals surface area contributed by atoms with Gasteiger partial charge in [-0.05, 0) is 69.5 Å². The van der Waals surface area contributed by atoms with Crippen molar-refractivity contribution in [2.45, 2.75) is 114 Å². The molecule has 9 N–H and O–H groups in total. The first-order chi connectivity index (χ1) is 37.1. The smallest absolute Gasteiger partial charge is 0.386 e. The number of rotatable bonds is 28. The van der Waals surface area contributed by atoms with Crippen molar-refractivity contribution in [1.82, 2.24) is 38.6 Å². The van der Waals surface area contributed by atoms with E-state index in [0.29, 0.717) is 0 Å². The molecule has 3 aliphatic rings. The largest absolute Gasteiger partial charge is 0.396 e. The lowest BCUT2D eigenvalue weighted by atomic mass is 10.1. The molecule has 14 atom stereocenters. The van der Waals surface area contributed by atoms with E-state index in [9.17, 15) is 48.3 Å². The number of fused-ring (bicyclic) bond motifs is 1. The number of aromatic amines is 3. The molecule has 442 valence electrons. The number of hydrogen-bond acceptors (Lipinski definition) is 26. The lowest BCUT2D eigenvalue weighted by molar-refractivity contribution is -0.0811. The minimum absolute atomic E-state index is 0.0248. The highest BCUT2D eigenvalue weighted by atomic mass is 32.7. The number of nitrogen functional groups attached to an aromatic ring is 1. The number of aliphatic hydroxyl groups excluding tert-OH is 1. The molecule has 0 aliphatic carbocycles. The minimum Gasteiger partial charge on any atom is -0.396 e. The van der Waals surface area contributed by atoms with Crippen molar-refractivity contribution < 1.29 is 84.2 Å². The molecule has 32 nitrogen and oxygen atoms in total. The first kappa shape index (κ1) is 63.9. The summed E-state index contributed by atoms with van der Waals surface area (Å²) in [5.41, 5.74) is 2.18. The number of aromatic nitrogens is 8. The Bertz CT molecular complexity index is 3310. The van der Waals surface area contributed by atoms with E-state index in [2.05, 4.69) is 37.2 Å². The summed E-state index contributed by atoms with van der Waals surface area (Å²) in [5, 5.41) is 9.31. The van der Waals surface area contributed by atoms with E-state index in [4.69, 9.17) is 101 Å². The molecule has 3 aliphatic heterocycles. The highest BCUT2D eigenvalue weighted by Gasteiger charge is 2.52. The van der Waals surface area contributed by atoms with Gasteiger partial charge in [-0.3, -0.25) is 56.6 Å². The first-order valence-electron chi connectivity index (χ1n) is 23.8. The molecule has 0 radical (unpaired) electrons. The summed E-state index contributed by atoms with van der Waals surface area (Å²) in [6, 6.07) is 0. The van der Waals surface area contributed by atoms with Crippen molar-refractivity contribution in [2.75, 3.05) is 59.1 Å². The molecule has 3 fully saturated rings. The van der Waals surface area contributed by atoms with Crippen LogP contribution < -0.4 is 33.8 Å². The number of nitrogens with two attached hydrogens (primary N) is 1. The Kier molecular flexibility index (Phi) is 21.8. The summed E-state index contributed by atoms with van der Waals surface area (Å²) in [7, 11) is 1.40. The van der Waals surface area contributed by atoms with Crippen molar-refractivity contribution in [2.24, 2.45) is 0 Å². The summed E-state index contributed by atoms with van der Waals surface area (Å²) in [4.78, 5) is 112. The summed E-state index contributed by atoms with van der Waals surface area (Å²) >= 11 is 20.2. The molecule has 79 heavy (non-hydrogen) atoms. The summed E-state index contributed by atoms with van der Waals surface area (Å²) in [6.07, 6.45) is -10.3. The van der Waals surface area contributed by atoms with Gasteiger partial charge < -0.3 is 71.8 Å². The average Bonchev–Trinajstić information content (AvgIpc) is 4.16. The van der Waals surface area contributed by atoms with Crippen molar-refractivity contribution >= 4 is 91.7 Å². The molecule has 4 aromatic heterocycles. The fraction of sp³-hybridized carbons (Fsp3) is 0.667. The summed E-state index contributed by atoms with van der Waals surface area (Å²) in [6.45, 7) is -13.6. The van der Waals surface area contributed by atoms with Crippen molar-refractivity contribution in [1.29, 1.82) is 0 Å². The zero-order valence-electron chi connectivity index (χ0n) is 42.5. The predicted octanol–water partition coefficient (Wildman–Crippen LogP) is 0.641. The Morgan fingerprint density at radius 2 is 1.32 bits per heavy atom. The number of thiol groups is 1. The molecule has 3 saturated heterocycles. The van der Waals surface area contributed by atoms with Crippen LogP contribution in [0.2, 0.25) is 0 Å². The Hall–Kier alpha value is -2.64. The number of nitrogens with zero attached hydrogens (tertiary/aromatic N) is 5. The Labute approximate surface area is 467 Å². The Morgan fingerprint density at radius 1 is 0.747 bits per heavy atom. The highest BCUT2D eigenvalue weighted by Crippen LogP contribution is 2.58. The highest BCUT2D eigenvalue weighted by molar-refractivity contribution is 8.44. The molecule has 4 aromatic rings. The molecular formula is C39H59N9O23P4S4. The third-order valence-electron chi connectivity index (χ3n) is 11.8. The van der Waals surface area contributed by atoms with Gasteiger partial charge in [-0.2, -0.15) is 4.98 Å². The van der Waals surface area contributed by atoms with Crippen LogP contribution >= 0.6 is 39.2 Å². The van der Waals surface area contributed by atoms with Gasteiger partial charge in [-0.1, -0.05) is 12.2 Å². The number of nitrogens with one attached hydrogen (secondary N) is 3. The number of hydrogen-bond donors (Lipinski definition) is 9. The number of methoxy groups -OCH3 is 1. The maximum Gasteiger partial charge on any atom is 0.386 e. The lowest BCUT2D eigenvalue weighted by Gasteiger charge is -2.28. The van der Waals surface area contributed by atoms with Crippen molar-refractivity contribution in [3.05, 3.63) is 81.9 Å². The first-order valence-corrected chi connectivity index (χ1v) is 34.2. The van der Waals surface area contributed by atoms with Gasteiger partial charge >= 0.3 is 38.3 Å². The van der Waals surface area contributed by atoms with E-state index in [-0.39, 0.29) is 73.9 Å². The average molecular weight is 1270 g/mol. The van der Waals surface area contributed by atoms with Gasteiger partial charge in [0, 0.05) is 50.1 Å². The Balaban J connectivity index is 1.12. The van der Waals surface area contributed by atoms with Gasteiger partial charge in [0.2, 0.25) is 5.95 Å². The van der Waals surface area contributed by atoms with E-state index in [1.54, 1.807) is 13.8 Å². The monoisotopic (exact) mass is 1270 g/mol. The second-order valence-corrected chi connectivity index (χ2v) is 29.3. The maximum atomic E-state index is 14.4. The Morgan fingerprint density at radius 3 is 1.94 bits per heavy atom. The number of imidazole rings is 1. The van der Waals surface area contributed by atoms with E-state index in [1.165, 1.54) is 44.2 Å². The fourth-order valence-electron chi connectivity index (χ4n) is 8.26. The SMILES string of the molecule is COCCOC1[C@@H](OP(O)(=S)OCCCO)[C@@H](COP(=O)(S)O[C@@H]2C[C@H](n3cc(C)c(=O)[nH]c3=O)O[C@@H]2COP(O)(=S)O[C@@H]2C[C@H](n3cnc4c(=O)[nH]c(N)nc43)O[C@@H]2COP(O)(=S)OC(C)C)O[C@H]1n1cc(C)c(=O)[nH]c1=O. The molecule has 7 rings (SSSR count). The van der Waals surface area contributed by atoms with Gasteiger partial charge in [0.25, 0.3) is 16.7 Å². The third kappa shape index (κ3) is 16.8. The predicted molar refractivity (Wildman–Crippen MR) is 290 cm³/mol. The second kappa shape index (κ2) is 26.9.